The van der Waals surface area contributed by atoms with Crippen LogP contribution in [0.1, 0.15) is 12.8 Å². The number of likely N-dealkylation sites (tertiary alicyclic amines) is 1. The minimum absolute atomic E-state index is 0.162. The molecular formula is C12H26N2O3. The number of nitrogens with two attached hydrogens (primary N) is 1. The lowest BCUT2D eigenvalue weighted by Crippen LogP contribution is -2.42. The van der Waals surface area contributed by atoms with E-state index >= 15 is 0 Å². The molecule has 0 spiro atoms. The zero-order chi connectivity index (χ0) is 12.7. The predicted molar refractivity (Wildman–Crippen MR) is 66.8 cm³/mol. The van der Waals surface area contributed by atoms with Gasteiger partial charge < -0.3 is 19.9 Å². The van der Waals surface area contributed by atoms with Crippen LogP contribution >= 0.6 is 0 Å². The summed E-state index contributed by atoms with van der Waals surface area (Å²) in [7, 11) is 5.09. The van der Waals surface area contributed by atoms with Crippen LogP contribution in [0.25, 0.3) is 0 Å². The fraction of sp³-hybridized carbons (Fsp3) is 1.00. The molecule has 0 aromatic heterocycles. The Labute approximate surface area is 104 Å². The number of ether oxygens (including phenoxy) is 3. The van der Waals surface area contributed by atoms with Crippen LogP contribution in [0, 0.1) is 5.92 Å². The Kier molecular flexibility index (Phi) is 6.99. The Bertz CT molecular complexity index is 200. The van der Waals surface area contributed by atoms with E-state index in [-0.39, 0.29) is 6.29 Å². The van der Waals surface area contributed by atoms with E-state index in [9.17, 15) is 0 Å². The second kappa shape index (κ2) is 8.00. The molecule has 0 bridgehead atoms. The van der Waals surface area contributed by atoms with Crippen molar-refractivity contribution in [2.75, 3.05) is 47.6 Å². The van der Waals surface area contributed by atoms with Crippen LogP contribution in [0.5, 0.6) is 0 Å². The summed E-state index contributed by atoms with van der Waals surface area (Å²) in [5.41, 5.74) is 5.85. The molecule has 1 aliphatic heterocycles. The summed E-state index contributed by atoms with van der Waals surface area (Å²) in [6, 6.07) is 0.335. The number of methoxy groups -OCH3 is 3. The van der Waals surface area contributed by atoms with E-state index < -0.39 is 0 Å². The van der Waals surface area contributed by atoms with Gasteiger partial charge in [-0.2, -0.15) is 0 Å². The van der Waals surface area contributed by atoms with Crippen molar-refractivity contribution in [3.63, 3.8) is 0 Å². The monoisotopic (exact) mass is 246 g/mol. The Hall–Kier alpha value is -0.200. The first-order valence-electron chi connectivity index (χ1n) is 6.23. The van der Waals surface area contributed by atoms with Gasteiger partial charge in [0.05, 0.1) is 6.61 Å². The van der Waals surface area contributed by atoms with Crippen molar-refractivity contribution in [3.05, 3.63) is 0 Å². The maximum Gasteiger partial charge on any atom is 0.158 e. The molecule has 2 atom stereocenters. The largest absolute Gasteiger partial charge is 0.384 e. The highest BCUT2D eigenvalue weighted by Crippen LogP contribution is 2.21. The zero-order valence-electron chi connectivity index (χ0n) is 11.2. The molecule has 0 aromatic rings. The van der Waals surface area contributed by atoms with Gasteiger partial charge in [0.1, 0.15) is 0 Å². The van der Waals surface area contributed by atoms with Gasteiger partial charge in [0.2, 0.25) is 0 Å². The van der Waals surface area contributed by atoms with Crippen molar-refractivity contribution in [1.29, 1.82) is 0 Å². The lowest BCUT2D eigenvalue weighted by molar-refractivity contribution is -0.115. The number of hydrogen-bond donors (Lipinski definition) is 1. The third-order valence-corrected chi connectivity index (χ3v) is 3.50. The van der Waals surface area contributed by atoms with Crippen LogP contribution in [0.15, 0.2) is 0 Å². The molecule has 5 nitrogen and oxygen atoms in total. The van der Waals surface area contributed by atoms with E-state index in [1.165, 1.54) is 6.42 Å². The molecule has 0 saturated carbocycles. The van der Waals surface area contributed by atoms with Crippen LogP contribution in [-0.4, -0.2) is 64.8 Å². The first kappa shape index (κ1) is 14.9. The van der Waals surface area contributed by atoms with Crippen molar-refractivity contribution in [1.82, 2.24) is 4.90 Å². The van der Waals surface area contributed by atoms with Gasteiger partial charge in [-0.3, -0.25) is 4.90 Å². The van der Waals surface area contributed by atoms with Crippen LogP contribution < -0.4 is 5.73 Å². The summed E-state index contributed by atoms with van der Waals surface area (Å²) >= 11 is 0. The lowest BCUT2D eigenvalue weighted by Gasteiger charge is -2.29. The SMILES string of the molecule is COCC1CCN(C(CN)CC(OC)OC)C1. The second-order valence-corrected chi connectivity index (χ2v) is 4.63. The molecule has 2 unspecified atom stereocenters. The van der Waals surface area contributed by atoms with Crippen molar-refractivity contribution in [3.8, 4) is 0 Å². The fourth-order valence-corrected chi connectivity index (χ4v) is 2.47. The van der Waals surface area contributed by atoms with Crippen molar-refractivity contribution >= 4 is 0 Å². The number of nitrogens with zero attached hydrogens (tertiary/aromatic N) is 1. The van der Waals surface area contributed by atoms with Gasteiger partial charge in [0.15, 0.2) is 6.29 Å². The molecule has 1 rings (SSSR count). The van der Waals surface area contributed by atoms with Crippen LogP contribution in [0.3, 0.4) is 0 Å². The van der Waals surface area contributed by atoms with Crippen molar-refractivity contribution in [2.24, 2.45) is 11.7 Å². The highest BCUT2D eigenvalue weighted by molar-refractivity contribution is 4.82. The summed E-state index contributed by atoms with van der Waals surface area (Å²) in [6.45, 7) is 3.64. The predicted octanol–water partition coefficient (Wildman–Crippen LogP) is 0.291. The molecule has 17 heavy (non-hydrogen) atoms. The molecule has 0 radical (unpaired) electrons. The average Bonchev–Trinajstić information content (AvgIpc) is 2.80. The summed E-state index contributed by atoms with van der Waals surface area (Å²) in [4.78, 5) is 2.43. The normalized spacial score (nSPS) is 23.5. The second-order valence-electron chi connectivity index (χ2n) is 4.63. The van der Waals surface area contributed by atoms with Gasteiger partial charge in [-0.25, -0.2) is 0 Å². The van der Waals surface area contributed by atoms with Crippen LogP contribution in [-0.2, 0) is 14.2 Å². The Balaban J connectivity index is 2.40. The van der Waals surface area contributed by atoms with E-state index in [1.54, 1.807) is 21.3 Å². The first-order chi connectivity index (χ1) is 8.24. The van der Waals surface area contributed by atoms with Gasteiger partial charge in [0, 0.05) is 46.9 Å². The summed E-state index contributed by atoms with van der Waals surface area (Å²) < 4.78 is 15.7. The van der Waals surface area contributed by atoms with Gasteiger partial charge in [-0.05, 0) is 18.9 Å². The van der Waals surface area contributed by atoms with Crippen molar-refractivity contribution < 1.29 is 14.2 Å². The summed E-state index contributed by atoms with van der Waals surface area (Å²) in [5, 5.41) is 0. The van der Waals surface area contributed by atoms with E-state index in [1.807, 2.05) is 0 Å². The Morgan fingerprint density at radius 2 is 2.00 bits per heavy atom. The minimum Gasteiger partial charge on any atom is -0.384 e. The molecule has 1 fully saturated rings. The molecule has 5 heteroatoms. The standard InChI is InChI=1S/C12H26N2O3/c1-15-9-10-4-5-14(8-10)11(7-13)6-12(16-2)17-3/h10-12H,4-9,13H2,1-3H3. The van der Waals surface area contributed by atoms with Gasteiger partial charge in [0.25, 0.3) is 0 Å². The third-order valence-electron chi connectivity index (χ3n) is 3.50. The quantitative estimate of drug-likeness (QED) is 0.624. The minimum atomic E-state index is -0.162. The highest BCUT2D eigenvalue weighted by Gasteiger charge is 2.29. The van der Waals surface area contributed by atoms with Crippen LogP contribution in [0.2, 0.25) is 0 Å². The van der Waals surface area contributed by atoms with E-state index in [0.29, 0.717) is 18.5 Å². The molecule has 2 N–H and O–H groups in total. The highest BCUT2D eigenvalue weighted by atomic mass is 16.7. The van der Waals surface area contributed by atoms with Gasteiger partial charge >= 0.3 is 0 Å². The molecule has 0 aromatic carbocycles. The Morgan fingerprint density at radius 1 is 1.29 bits per heavy atom. The third kappa shape index (κ3) is 4.52. The van der Waals surface area contributed by atoms with E-state index in [4.69, 9.17) is 19.9 Å². The molecular weight excluding hydrogens is 220 g/mol. The summed E-state index contributed by atoms with van der Waals surface area (Å²) in [5.74, 6) is 0.637. The lowest BCUT2D eigenvalue weighted by atomic mass is 10.1. The van der Waals surface area contributed by atoms with Gasteiger partial charge in [-0.15, -0.1) is 0 Å². The maximum absolute atomic E-state index is 5.85. The first-order valence-corrected chi connectivity index (χ1v) is 6.23. The molecule has 0 amide bonds. The van der Waals surface area contributed by atoms with Crippen LogP contribution in [0.4, 0.5) is 0 Å². The molecule has 1 heterocycles. The average molecular weight is 246 g/mol. The smallest absolute Gasteiger partial charge is 0.158 e. The van der Waals surface area contributed by atoms with Crippen molar-refractivity contribution in [2.45, 2.75) is 25.2 Å². The fourth-order valence-electron chi connectivity index (χ4n) is 2.47. The molecule has 1 saturated heterocycles. The zero-order valence-corrected chi connectivity index (χ0v) is 11.2. The molecule has 1 aliphatic rings. The van der Waals surface area contributed by atoms with E-state index in [2.05, 4.69) is 4.90 Å². The van der Waals surface area contributed by atoms with E-state index in [0.717, 1.165) is 26.1 Å². The molecule has 102 valence electrons. The maximum atomic E-state index is 5.85. The topological polar surface area (TPSA) is 57.0 Å². The Morgan fingerprint density at radius 3 is 2.53 bits per heavy atom. The number of hydrogen-bond acceptors (Lipinski definition) is 5. The van der Waals surface area contributed by atoms with Gasteiger partial charge in [-0.1, -0.05) is 0 Å². The summed E-state index contributed by atoms with van der Waals surface area (Å²) in [6.07, 6.45) is 1.85. The number of rotatable bonds is 8. The molecule has 0 aliphatic carbocycles.